The van der Waals surface area contributed by atoms with Crippen LogP contribution in [-0.2, 0) is 21.4 Å². The van der Waals surface area contributed by atoms with E-state index in [2.05, 4.69) is 4.98 Å². The molecule has 2 heterocycles. The van der Waals surface area contributed by atoms with Crippen LogP contribution in [0.15, 0.2) is 42.5 Å². The molecule has 0 aliphatic carbocycles. The quantitative estimate of drug-likeness (QED) is 0.573. The van der Waals surface area contributed by atoms with Crippen LogP contribution in [0.25, 0.3) is 10.2 Å². The van der Waals surface area contributed by atoms with Gasteiger partial charge in [0.1, 0.15) is 17.4 Å². The average molecular weight is 466 g/mol. The minimum atomic E-state index is -3.59. The molecule has 1 atom stereocenters. The first-order valence-electron chi connectivity index (χ1n) is 9.82. The van der Waals surface area contributed by atoms with Crippen molar-refractivity contribution < 1.29 is 22.0 Å². The SMILES string of the molecule is CS(=O)(=O)N1CCCCC1C(=O)N(Cc1ccccc1)c1nc2c(F)cc(F)cc2s1. The fourth-order valence-electron chi connectivity index (χ4n) is 3.80. The molecule has 1 unspecified atom stereocenters. The highest BCUT2D eigenvalue weighted by molar-refractivity contribution is 7.88. The summed E-state index contributed by atoms with van der Waals surface area (Å²) in [6, 6.07) is 10.2. The lowest BCUT2D eigenvalue weighted by Gasteiger charge is -2.35. The highest BCUT2D eigenvalue weighted by Gasteiger charge is 2.38. The van der Waals surface area contributed by atoms with E-state index in [1.807, 2.05) is 30.3 Å². The molecule has 0 bridgehead atoms. The number of thiazole rings is 1. The van der Waals surface area contributed by atoms with Gasteiger partial charge >= 0.3 is 0 Å². The average Bonchev–Trinajstić information content (AvgIpc) is 3.16. The van der Waals surface area contributed by atoms with Crippen LogP contribution < -0.4 is 4.90 Å². The van der Waals surface area contributed by atoms with Crippen molar-refractivity contribution in [1.29, 1.82) is 0 Å². The van der Waals surface area contributed by atoms with Crippen molar-refractivity contribution in [1.82, 2.24) is 9.29 Å². The number of piperidine rings is 1. The van der Waals surface area contributed by atoms with Gasteiger partial charge in [-0.05, 0) is 24.5 Å². The second-order valence-electron chi connectivity index (χ2n) is 7.53. The fraction of sp³-hybridized carbons (Fsp3) is 0.333. The Kier molecular flexibility index (Phi) is 6.05. The molecule has 1 fully saturated rings. The molecule has 3 aromatic rings. The largest absolute Gasteiger partial charge is 0.282 e. The van der Waals surface area contributed by atoms with Crippen molar-refractivity contribution in [2.45, 2.75) is 31.8 Å². The molecule has 10 heteroatoms. The van der Waals surface area contributed by atoms with E-state index in [9.17, 15) is 22.0 Å². The number of halogens is 2. The Balaban J connectivity index is 1.77. The maximum Gasteiger partial charge on any atom is 0.247 e. The summed E-state index contributed by atoms with van der Waals surface area (Å²) in [5.41, 5.74) is 0.791. The van der Waals surface area contributed by atoms with Crippen molar-refractivity contribution in [2.75, 3.05) is 17.7 Å². The molecule has 0 N–H and O–H groups in total. The molecule has 1 aliphatic rings. The summed E-state index contributed by atoms with van der Waals surface area (Å²) in [7, 11) is -3.59. The van der Waals surface area contributed by atoms with Gasteiger partial charge in [0.25, 0.3) is 0 Å². The van der Waals surface area contributed by atoms with Crippen molar-refractivity contribution in [3.8, 4) is 0 Å². The van der Waals surface area contributed by atoms with Gasteiger partial charge in [0, 0.05) is 12.6 Å². The standard InChI is InChI=1S/C21H21F2N3O3S2/c1-31(28,29)26-10-6-5-9-17(26)20(27)25(13-14-7-3-2-4-8-14)21-24-19-16(23)11-15(22)12-18(19)30-21/h2-4,7-8,11-12,17H,5-6,9-10,13H2,1H3. The second kappa shape index (κ2) is 8.60. The normalized spacial score (nSPS) is 17.7. The molecule has 31 heavy (non-hydrogen) atoms. The van der Waals surface area contributed by atoms with Crippen LogP contribution in [-0.4, -0.2) is 42.5 Å². The zero-order valence-electron chi connectivity index (χ0n) is 16.8. The number of carbonyl (C=O) groups excluding carboxylic acids is 1. The minimum absolute atomic E-state index is 0.0177. The number of rotatable bonds is 5. The van der Waals surface area contributed by atoms with Gasteiger partial charge in [0.05, 0.1) is 17.5 Å². The van der Waals surface area contributed by atoms with Crippen molar-refractivity contribution in [3.05, 3.63) is 59.7 Å². The lowest BCUT2D eigenvalue weighted by molar-refractivity contribution is -0.123. The number of benzene rings is 2. The Morgan fingerprint density at radius 1 is 1.23 bits per heavy atom. The van der Waals surface area contributed by atoms with Crippen molar-refractivity contribution in [2.24, 2.45) is 0 Å². The fourth-order valence-corrected chi connectivity index (χ4v) is 5.92. The molecule has 1 amide bonds. The number of carbonyl (C=O) groups is 1. The number of fused-ring (bicyclic) bond motifs is 1. The maximum atomic E-state index is 14.2. The summed E-state index contributed by atoms with van der Waals surface area (Å²) in [6.45, 7) is 0.409. The molecule has 1 saturated heterocycles. The molecule has 0 spiro atoms. The molecule has 164 valence electrons. The van der Waals surface area contributed by atoms with Crippen LogP contribution in [0, 0.1) is 11.6 Å². The van der Waals surface area contributed by atoms with Gasteiger partial charge in [-0.1, -0.05) is 48.1 Å². The highest BCUT2D eigenvalue weighted by Crippen LogP contribution is 2.33. The first-order chi connectivity index (χ1) is 14.7. The first kappa shape index (κ1) is 21.8. The molecule has 2 aromatic carbocycles. The number of amides is 1. The van der Waals surface area contributed by atoms with Gasteiger partial charge in [0.2, 0.25) is 15.9 Å². The van der Waals surface area contributed by atoms with Gasteiger partial charge in [-0.2, -0.15) is 4.31 Å². The number of hydrogen-bond acceptors (Lipinski definition) is 5. The van der Waals surface area contributed by atoms with Gasteiger partial charge in [0.15, 0.2) is 10.9 Å². The topological polar surface area (TPSA) is 70.6 Å². The Morgan fingerprint density at radius 3 is 2.68 bits per heavy atom. The monoisotopic (exact) mass is 465 g/mol. The van der Waals surface area contributed by atoms with E-state index in [0.29, 0.717) is 12.8 Å². The van der Waals surface area contributed by atoms with Gasteiger partial charge in [-0.15, -0.1) is 0 Å². The molecule has 6 nitrogen and oxygen atoms in total. The molecule has 1 aromatic heterocycles. The number of aromatic nitrogens is 1. The maximum absolute atomic E-state index is 14.2. The Hall–Kier alpha value is -2.43. The number of hydrogen-bond donors (Lipinski definition) is 0. The minimum Gasteiger partial charge on any atom is -0.282 e. The van der Waals surface area contributed by atoms with Gasteiger partial charge < -0.3 is 0 Å². The summed E-state index contributed by atoms with van der Waals surface area (Å²) in [5, 5.41) is 0.201. The molecule has 0 saturated carbocycles. The molecular formula is C21H21F2N3O3S2. The van der Waals surface area contributed by atoms with E-state index in [1.54, 1.807) is 0 Å². The Morgan fingerprint density at radius 2 is 1.97 bits per heavy atom. The Labute approximate surface area is 183 Å². The van der Waals surface area contributed by atoms with E-state index in [1.165, 1.54) is 15.3 Å². The van der Waals surface area contributed by atoms with Crippen molar-refractivity contribution >= 4 is 42.6 Å². The van der Waals surface area contributed by atoms with Crippen LogP contribution >= 0.6 is 11.3 Å². The van der Waals surface area contributed by atoms with Crippen LogP contribution in [0.1, 0.15) is 24.8 Å². The lowest BCUT2D eigenvalue weighted by Crippen LogP contribution is -2.52. The van der Waals surface area contributed by atoms with Gasteiger partial charge in [-0.3, -0.25) is 9.69 Å². The lowest BCUT2D eigenvalue weighted by atomic mass is 10.0. The zero-order chi connectivity index (χ0) is 22.2. The number of sulfonamides is 1. The summed E-state index contributed by atoms with van der Waals surface area (Å²) >= 11 is 1.00. The number of anilines is 1. The van der Waals surface area contributed by atoms with E-state index < -0.39 is 33.6 Å². The van der Waals surface area contributed by atoms with Crippen LogP contribution in [0.5, 0.6) is 0 Å². The summed E-state index contributed by atoms with van der Waals surface area (Å²) in [4.78, 5) is 19.3. The molecule has 0 radical (unpaired) electrons. The third-order valence-electron chi connectivity index (χ3n) is 5.25. The van der Waals surface area contributed by atoms with E-state index in [0.717, 1.165) is 35.6 Å². The van der Waals surface area contributed by atoms with Crippen LogP contribution in [0.2, 0.25) is 0 Å². The molecule has 1 aliphatic heterocycles. The second-order valence-corrected chi connectivity index (χ2v) is 10.5. The first-order valence-corrected chi connectivity index (χ1v) is 12.5. The van der Waals surface area contributed by atoms with E-state index in [-0.39, 0.29) is 28.4 Å². The van der Waals surface area contributed by atoms with Crippen LogP contribution in [0.4, 0.5) is 13.9 Å². The van der Waals surface area contributed by atoms with Gasteiger partial charge in [-0.25, -0.2) is 22.2 Å². The van der Waals surface area contributed by atoms with Crippen molar-refractivity contribution in [3.63, 3.8) is 0 Å². The molecule has 4 rings (SSSR count). The van der Waals surface area contributed by atoms with E-state index in [4.69, 9.17) is 0 Å². The third kappa shape index (κ3) is 4.60. The smallest absolute Gasteiger partial charge is 0.247 e. The predicted octanol–water partition coefficient (Wildman–Crippen LogP) is 3.92. The summed E-state index contributed by atoms with van der Waals surface area (Å²) in [5.74, 6) is -1.95. The molecular weight excluding hydrogens is 444 g/mol. The highest BCUT2D eigenvalue weighted by atomic mass is 32.2. The third-order valence-corrected chi connectivity index (χ3v) is 7.56. The number of nitrogens with zero attached hydrogens (tertiary/aromatic N) is 3. The summed E-state index contributed by atoms with van der Waals surface area (Å²) < 4.78 is 54.0. The Bertz CT molecular complexity index is 1220. The summed E-state index contributed by atoms with van der Waals surface area (Å²) in [6.07, 6.45) is 2.89. The van der Waals surface area contributed by atoms with Crippen LogP contribution in [0.3, 0.4) is 0 Å². The van der Waals surface area contributed by atoms with E-state index >= 15 is 0 Å². The zero-order valence-corrected chi connectivity index (χ0v) is 18.4. The predicted molar refractivity (Wildman–Crippen MR) is 116 cm³/mol.